The van der Waals surface area contributed by atoms with Crippen molar-refractivity contribution in [1.29, 1.82) is 0 Å². The number of aromatic nitrogens is 2. The molecular weight excluding hydrogens is 400 g/mol. The molecule has 0 atom stereocenters. The lowest BCUT2D eigenvalue weighted by atomic mass is 9.98. The van der Waals surface area contributed by atoms with E-state index in [0.717, 1.165) is 33.8 Å². The molecule has 0 radical (unpaired) electrons. The van der Waals surface area contributed by atoms with Gasteiger partial charge < -0.3 is 10.1 Å². The fourth-order valence-corrected chi connectivity index (χ4v) is 3.38. The predicted molar refractivity (Wildman–Crippen MR) is 119 cm³/mol. The molecular formula is C23H21ClN4O2. The highest BCUT2D eigenvalue weighted by atomic mass is 35.5. The van der Waals surface area contributed by atoms with Crippen molar-refractivity contribution in [3.8, 4) is 18.0 Å². The van der Waals surface area contributed by atoms with Gasteiger partial charge in [-0.1, -0.05) is 36.3 Å². The van der Waals surface area contributed by atoms with E-state index >= 15 is 0 Å². The van der Waals surface area contributed by atoms with Crippen LogP contribution in [0, 0.1) is 12.3 Å². The molecule has 1 amide bonds. The Morgan fingerprint density at radius 2 is 2.07 bits per heavy atom. The summed E-state index contributed by atoms with van der Waals surface area (Å²) in [5.74, 6) is 2.45. The fourth-order valence-electron chi connectivity index (χ4n) is 3.38. The first-order valence-electron chi connectivity index (χ1n) is 9.27. The molecule has 0 saturated heterocycles. The van der Waals surface area contributed by atoms with Crippen molar-refractivity contribution in [2.45, 2.75) is 6.54 Å². The second-order valence-electron chi connectivity index (χ2n) is 6.57. The maximum absolute atomic E-state index is 12.6. The maximum atomic E-state index is 12.6. The van der Waals surface area contributed by atoms with Crippen LogP contribution < -0.4 is 5.32 Å². The predicted octanol–water partition coefficient (Wildman–Crippen LogP) is 3.00. The van der Waals surface area contributed by atoms with Crippen LogP contribution in [0.1, 0.15) is 32.9 Å². The summed E-state index contributed by atoms with van der Waals surface area (Å²) in [6.45, 7) is 1.19. The third kappa shape index (κ3) is 3.99. The van der Waals surface area contributed by atoms with E-state index in [4.69, 9.17) is 16.2 Å². The maximum Gasteiger partial charge on any atom is 0.271 e. The highest BCUT2D eigenvalue weighted by molar-refractivity contribution is 6.15. The number of hydrogen-bond acceptors (Lipinski definition) is 4. The Kier molecular flexibility index (Phi) is 6.68. The monoisotopic (exact) mass is 420 g/mol. The zero-order valence-corrected chi connectivity index (χ0v) is 17.3. The standard InChI is InChI=1S/C23H20N4O2.ClH/c1-3-16-9-10-19-18(13-16)21(17-7-5-4-6-8-17)25-14-20-22(26-15-27(19)20)23(28)24-11-12-29-2;/h1,4-10,13,15H,11-12,14H2,2H3,(H,24,28);1H. The number of benzene rings is 2. The summed E-state index contributed by atoms with van der Waals surface area (Å²) in [6, 6.07) is 15.7. The lowest BCUT2D eigenvalue weighted by molar-refractivity contribution is 0.0931. The van der Waals surface area contributed by atoms with E-state index in [1.165, 1.54) is 0 Å². The Hall–Kier alpha value is -3.40. The summed E-state index contributed by atoms with van der Waals surface area (Å²) in [6.07, 6.45) is 7.30. The van der Waals surface area contributed by atoms with Gasteiger partial charge in [0.15, 0.2) is 5.69 Å². The van der Waals surface area contributed by atoms with Gasteiger partial charge in [-0.3, -0.25) is 14.4 Å². The molecule has 3 aromatic rings. The number of terminal acetylenes is 1. The van der Waals surface area contributed by atoms with Crippen molar-refractivity contribution < 1.29 is 9.53 Å². The van der Waals surface area contributed by atoms with Crippen molar-refractivity contribution in [3.63, 3.8) is 0 Å². The summed E-state index contributed by atoms with van der Waals surface area (Å²) in [5.41, 5.74) is 5.51. The Morgan fingerprint density at radius 3 is 2.80 bits per heavy atom. The minimum Gasteiger partial charge on any atom is -0.383 e. The molecule has 0 bridgehead atoms. The Morgan fingerprint density at radius 1 is 1.27 bits per heavy atom. The smallest absolute Gasteiger partial charge is 0.271 e. The highest BCUT2D eigenvalue weighted by Crippen LogP contribution is 2.27. The van der Waals surface area contributed by atoms with Crippen molar-refractivity contribution in [2.75, 3.05) is 20.3 Å². The normalized spacial score (nSPS) is 11.8. The minimum absolute atomic E-state index is 0. The van der Waals surface area contributed by atoms with E-state index in [1.54, 1.807) is 13.4 Å². The average Bonchev–Trinajstić information content (AvgIpc) is 3.11. The van der Waals surface area contributed by atoms with Crippen LogP contribution in [-0.4, -0.2) is 41.4 Å². The quantitative estimate of drug-likeness (QED) is 0.509. The Labute approximate surface area is 181 Å². The molecule has 1 aliphatic rings. The average molecular weight is 421 g/mol. The molecule has 1 N–H and O–H groups in total. The highest BCUT2D eigenvalue weighted by Gasteiger charge is 2.24. The summed E-state index contributed by atoms with van der Waals surface area (Å²) in [4.78, 5) is 21.8. The number of methoxy groups -OCH3 is 1. The number of amides is 1. The first-order valence-corrected chi connectivity index (χ1v) is 9.27. The zero-order chi connectivity index (χ0) is 20.2. The summed E-state index contributed by atoms with van der Waals surface area (Å²) >= 11 is 0. The van der Waals surface area contributed by atoms with E-state index in [2.05, 4.69) is 16.2 Å². The third-order valence-electron chi connectivity index (χ3n) is 4.79. The van der Waals surface area contributed by atoms with Crippen molar-refractivity contribution in [1.82, 2.24) is 14.9 Å². The number of imidazole rings is 1. The molecule has 2 heterocycles. The molecule has 0 spiro atoms. The number of nitrogens with one attached hydrogen (secondary N) is 1. The van der Waals surface area contributed by atoms with Crippen molar-refractivity contribution in [2.24, 2.45) is 4.99 Å². The zero-order valence-electron chi connectivity index (χ0n) is 16.5. The summed E-state index contributed by atoms with van der Waals surface area (Å²) < 4.78 is 6.91. The molecule has 0 unspecified atom stereocenters. The number of fused-ring (bicyclic) bond motifs is 3. The van der Waals surface area contributed by atoms with Crippen molar-refractivity contribution in [3.05, 3.63) is 82.9 Å². The van der Waals surface area contributed by atoms with Gasteiger partial charge in [0.2, 0.25) is 0 Å². The minimum atomic E-state index is -0.240. The molecule has 2 aromatic carbocycles. The first kappa shape index (κ1) is 21.3. The van der Waals surface area contributed by atoms with Gasteiger partial charge >= 0.3 is 0 Å². The van der Waals surface area contributed by atoms with Gasteiger partial charge in [0.25, 0.3) is 5.91 Å². The number of rotatable bonds is 5. The SMILES string of the molecule is C#Cc1ccc2c(c1)C(c1ccccc1)=NCc1c(C(=O)NCCOC)ncn1-2.Cl. The Bertz CT molecular complexity index is 1130. The van der Waals surface area contributed by atoms with Gasteiger partial charge in [0.1, 0.15) is 6.33 Å². The molecule has 4 rings (SSSR count). The molecule has 0 aliphatic carbocycles. The molecule has 0 fully saturated rings. The largest absolute Gasteiger partial charge is 0.383 e. The number of ether oxygens (including phenoxy) is 1. The second-order valence-corrected chi connectivity index (χ2v) is 6.57. The Balaban J connectivity index is 0.00000256. The van der Waals surface area contributed by atoms with Crippen LogP contribution in [0.2, 0.25) is 0 Å². The fraction of sp³-hybridized carbons (Fsp3) is 0.174. The molecule has 152 valence electrons. The van der Waals surface area contributed by atoms with Crippen LogP contribution in [0.4, 0.5) is 0 Å². The molecule has 1 aromatic heterocycles. The van der Waals surface area contributed by atoms with Gasteiger partial charge in [-0.15, -0.1) is 18.8 Å². The lowest BCUT2D eigenvalue weighted by Crippen LogP contribution is -2.28. The number of hydrogen-bond donors (Lipinski definition) is 1. The number of carbonyl (C=O) groups excluding carboxylic acids is 1. The van der Waals surface area contributed by atoms with Gasteiger partial charge in [0, 0.05) is 30.3 Å². The van der Waals surface area contributed by atoms with Gasteiger partial charge in [-0.25, -0.2) is 4.98 Å². The van der Waals surface area contributed by atoms with Crippen molar-refractivity contribution >= 4 is 24.0 Å². The second kappa shape index (κ2) is 9.40. The van der Waals surface area contributed by atoms with Crippen LogP contribution in [0.15, 0.2) is 59.9 Å². The number of carbonyl (C=O) groups is 1. The molecule has 1 aliphatic heterocycles. The number of halogens is 1. The number of nitrogens with zero attached hydrogens (tertiary/aromatic N) is 3. The molecule has 6 nitrogen and oxygen atoms in total. The topological polar surface area (TPSA) is 68.5 Å². The van der Waals surface area contributed by atoms with Crippen LogP contribution >= 0.6 is 12.4 Å². The number of aliphatic imine (C=N–C) groups is 1. The van der Waals surface area contributed by atoms with Crippen LogP contribution in [0.3, 0.4) is 0 Å². The summed E-state index contributed by atoms with van der Waals surface area (Å²) in [5, 5.41) is 2.83. The van der Waals surface area contributed by atoms with Gasteiger partial charge in [-0.2, -0.15) is 0 Å². The van der Waals surface area contributed by atoms with E-state index < -0.39 is 0 Å². The van der Waals surface area contributed by atoms with E-state index in [0.29, 0.717) is 25.4 Å². The van der Waals surface area contributed by atoms with Gasteiger partial charge in [0.05, 0.1) is 30.2 Å². The van der Waals surface area contributed by atoms with Crippen LogP contribution in [-0.2, 0) is 11.3 Å². The van der Waals surface area contributed by atoms with Crippen LogP contribution in [0.5, 0.6) is 0 Å². The lowest BCUT2D eigenvalue weighted by Gasteiger charge is -2.12. The van der Waals surface area contributed by atoms with Gasteiger partial charge in [-0.05, 0) is 18.2 Å². The van der Waals surface area contributed by atoms with Crippen LogP contribution in [0.25, 0.3) is 5.69 Å². The first-order chi connectivity index (χ1) is 14.2. The third-order valence-corrected chi connectivity index (χ3v) is 4.79. The van der Waals surface area contributed by atoms with E-state index in [-0.39, 0.29) is 18.3 Å². The van der Waals surface area contributed by atoms with E-state index in [1.807, 2.05) is 53.1 Å². The van der Waals surface area contributed by atoms with E-state index in [9.17, 15) is 4.79 Å². The molecule has 0 saturated carbocycles. The molecule has 30 heavy (non-hydrogen) atoms. The summed E-state index contributed by atoms with van der Waals surface area (Å²) in [7, 11) is 1.59. The molecule has 7 heteroatoms.